The number of fused-ring (bicyclic) bond motifs is 3. The van der Waals surface area contributed by atoms with Gasteiger partial charge in [-0.3, -0.25) is 9.59 Å². The molecule has 0 aliphatic heterocycles. The average molecular weight is 578 g/mol. The number of Topliss-reactive ketones (excluding diaryl/α,β-unsaturated/α-hetero) is 1. The molecule has 6 heteroatoms. The smallest absolute Gasteiger partial charge is 0.248 e. The third-order valence-corrected chi connectivity index (χ3v) is 11.2. The number of benzene rings is 2. The Balaban J connectivity index is 1.47. The molecule has 2 aromatic rings. The first-order valence-electron chi connectivity index (χ1n) is 15.3. The Hall–Kier alpha value is -3.90. The number of phenolic OH excluding ortho intramolecular Hbond substituents is 1. The second kappa shape index (κ2) is 9.81. The third-order valence-electron chi connectivity index (χ3n) is 11.2. The number of nitrogens with two attached hydrogens (primary N) is 1. The van der Waals surface area contributed by atoms with Crippen LogP contribution in [0.4, 0.5) is 5.69 Å². The molecule has 0 aromatic heterocycles. The number of rotatable bonds is 6. The zero-order chi connectivity index (χ0) is 31.2. The van der Waals surface area contributed by atoms with Crippen molar-refractivity contribution in [2.45, 2.75) is 59.4 Å². The predicted molar refractivity (Wildman–Crippen MR) is 173 cm³/mol. The van der Waals surface area contributed by atoms with Crippen molar-refractivity contribution in [2.24, 2.45) is 28.4 Å². The summed E-state index contributed by atoms with van der Waals surface area (Å²) in [5.74, 6) is -0.0960. The molecule has 6 nitrogen and oxygen atoms in total. The van der Waals surface area contributed by atoms with Gasteiger partial charge in [0.05, 0.1) is 5.56 Å². The number of nitrogens with one attached hydrogen (secondary N) is 1. The number of amides is 1. The van der Waals surface area contributed by atoms with E-state index in [0.29, 0.717) is 29.0 Å². The third kappa shape index (κ3) is 4.10. The molecule has 2 unspecified atom stereocenters. The Labute approximate surface area is 255 Å². The monoisotopic (exact) mass is 577 g/mol. The van der Waals surface area contributed by atoms with Crippen molar-refractivity contribution in [1.82, 2.24) is 4.90 Å². The Morgan fingerprint density at radius 3 is 2.33 bits per heavy atom. The van der Waals surface area contributed by atoms with Crippen LogP contribution in [0.3, 0.4) is 0 Å². The van der Waals surface area contributed by atoms with Crippen molar-refractivity contribution >= 4 is 17.4 Å². The number of primary amides is 1. The number of carbonyl (C=O) groups is 2. The number of phenols is 1. The Bertz CT molecular complexity index is 1670. The Kier molecular flexibility index (Phi) is 6.66. The molecule has 0 spiro atoms. The second-order valence-electron chi connectivity index (χ2n) is 13.8. The van der Waals surface area contributed by atoms with E-state index >= 15 is 0 Å². The van der Waals surface area contributed by atoms with Gasteiger partial charge in [0.15, 0.2) is 5.78 Å². The van der Waals surface area contributed by atoms with Crippen LogP contribution in [0.5, 0.6) is 5.75 Å². The minimum Gasteiger partial charge on any atom is -0.507 e. The number of likely N-dealkylation sites (N-methyl/N-ethyl adjacent to an activating group) is 1. The lowest BCUT2D eigenvalue weighted by atomic mass is 9.43. The normalized spacial score (nSPS) is 28.4. The molecule has 4 atom stereocenters. The van der Waals surface area contributed by atoms with Gasteiger partial charge in [0.25, 0.3) is 0 Å². The van der Waals surface area contributed by atoms with E-state index in [1.54, 1.807) is 6.07 Å². The molecule has 1 fully saturated rings. The molecule has 2 aromatic carbocycles. The van der Waals surface area contributed by atoms with Crippen molar-refractivity contribution in [3.8, 4) is 16.9 Å². The lowest BCUT2D eigenvalue weighted by molar-refractivity contribution is -0.115. The minimum atomic E-state index is -0.675. The van der Waals surface area contributed by atoms with Gasteiger partial charge in [0.1, 0.15) is 5.75 Å². The van der Waals surface area contributed by atoms with Crippen molar-refractivity contribution in [3.05, 3.63) is 94.2 Å². The Morgan fingerprint density at radius 2 is 1.74 bits per heavy atom. The molecule has 0 heterocycles. The summed E-state index contributed by atoms with van der Waals surface area (Å²) < 4.78 is 0. The standard InChI is InChI=1S/C37H43N3O3/c1-19-30(35(38)43)20(2)37(6)21(3)31-25(18-36(37,5)34(19)40(7)8)17-28-27(15-16-29(41)32(28)33(31)42)24-11-13-26(14-12-24)39-22(4)23-9-10-23/h11-16,23,25,34,39,41H,2,4,9-10,17-18H2,1,3,5-8H3,(H2,38,43)/t25?,34?,36-,37-/m0/s1. The first-order valence-corrected chi connectivity index (χ1v) is 15.3. The van der Waals surface area contributed by atoms with E-state index in [2.05, 4.69) is 61.5 Å². The summed E-state index contributed by atoms with van der Waals surface area (Å²) in [4.78, 5) is 29.4. The number of hydrogen-bond acceptors (Lipinski definition) is 5. The van der Waals surface area contributed by atoms with Crippen molar-refractivity contribution in [1.29, 1.82) is 0 Å². The van der Waals surface area contributed by atoms with Gasteiger partial charge in [0.2, 0.25) is 5.91 Å². The molecule has 0 radical (unpaired) electrons. The van der Waals surface area contributed by atoms with Crippen LogP contribution in [0.1, 0.15) is 62.9 Å². The number of aromatic hydroxyl groups is 1. The van der Waals surface area contributed by atoms with Crippen molar-refractivity contribution < 1.29 is 14.7 Å². The van der Waals surface area contributed by atoms with Gasteiger partial charge < -0.3 is 21.1 Å². The van der Waals surface area contributed by atoms with Crippen LogP contribution in [0.2, 0.25) is 0 Å². The highest BCUT2D eigenvalue weighted by Gasteiger charge is 2.62. The summed E-state index contributed by atoms with van der Waals surface area (Å²) in [5, 5.41) is 14.5. The number of ketones is 1. The molecule has 224 valence electrons. The maximum Gasteiger partial charge on any atom is 0.248 e. The van der Waals surface area contributed by atoms with Gasteiger partial charge >= 0.3 is 0 Å². The van der Waals surface area contributed by atoms with E-state index in [4.69, 9.17) is 5.73 Å². The SMILES string of the molecule is C=C(Nc1ccc(-c2ccc(O)c3c2CC2C[C@@]4(C)C(N(C)C)C(C)=C(C(N)=O)C(=C)[C@@]4(C)C(C)=C2C3=O)cc1)C1CC1. The molecule has 0 bridgehead atoms. The molecule has 4 N–H and O–H groups in total. The number of allylic oxidation sites excluding steroid dienone is 3. The molecule has 1 amide bonds. The summed E-state index contributed by atoms with van der Waals surface area (Å²) >= 11 is 0. The van der Waals surface area contributed by atoms with Crippen LogP contribution in [-0.2, 0) is 11.2 Å². The van der Waals surface area contributed by atoms with E-state index in [-0.39, 0.29) is 28.9 Å². The summed E-state index contributed by atoms with van der Waals surface area (Å²) in [6, 6.07) is 11.7. The summed E-state index contributed by atoms with van der Waals surface area (Å²) in [6.45, 7) is 17.0. The van der Waals surface area contributed by atoms with Crippen LogP contribution in [0.15, 0.2) is 83.1 Å². The van der Waals surface area contributed by atoms with E-state index in [1.165, 1.54) is 12.8 Å². The lowest BCUT2D eigenvalue weighted by Crippen LogP contribution is -2.61. The van der Waals surface area contributed by atoms with Crippen LogP contribution < -0.4 is 11.1 Å². The zero-order valence-electron chi connectivity index (χ0n) is 26.2. The van der Waals surface area contributed by atoms with E-state index in [0.717, 1.165) is 51.2 Å². The molecular formula is C37H43N3O3. The van der Waals surface area contributed by atoms with E-state index < -0.39 is 11.3 Å². The molecule has 1 saturated carbocycles. The first-order chi connectivity index (χ1) is 20.2. The fourth-order valence-electron chi connectivity index (χ4n) is 8.92. The lowest BCUT2D eigenvalue weighted by Gasteiger charge is -2.62. The van der Waals surface area contributed by atoms with Crippen molar-refractivity contribution in [3.63, 3.8) is 0 Å². The largest absolute Gasteiger partial charge is 0.507 e. The number of nitrogens with zero attached hydrogens (tertiary/aromatic N) is 1. The highest BCUT2D eigenvalue weighted by molar-refractivity contribution is 6.14. The fraction of sp³-hybridized carbons (Fsp3) is 0.405. The molecule has 4 aliphatic rings. The highest BCUT2D eigenvalue weighted by atomic mass is 16.3. The average Bonchev–Trinajstić information content (AvgIpc) is 3.77. The minimum absolute atomic E-state index is 0.00205. The van der Waals surface area contributed by atoms with Gasteiger partial charge in [0, 0.05) is 39.4 Å². The predicted octanol–water partition coefficient (Wildman–Crippen LogP) is 6.78. The quantitative estimate of drug-likeness (QED) is 0.352. The van der Waals surface area contributed by atoms with Gasteiger partial charge in [-0.05, 0) is 111 Å². The molecular weight excluding hydrogens is 534 g/mol. The van der Waals surface area contributed by atoms with E-state index in [9.17, 15) is 14.7 Å². The molecule has 43 heavy (non-hydrogen) atoms. The number of anilines is 1. The van der Waals surface area contributed by atoms with Crippen LogP contribution >= 0.6 is 0 Å². The maximum absolute atomic E-state index is 14.5. The van der Waals surface area contributed by atoms with Gasteiger partial charge in [-0.15, -0.1) is 0 Å². The number of carbonyl (C=O) groups excluding carboxylic acids is 2. The van der Waals surface area contributed by atoms with Crippen LogP contribution in [-0.4, -0.2) is 41.8 Å². The first kappa shape index (κ1) is 29.2. The van der Waals surface area contributed by atoms with Gasteiger partial charge in [-0.25, -0.2) is 0 Å². The van der Waals surface area contributed by atoms with Gasteiger partial charge in [-0.1, -0.05) is 50.8 Å². The highest BCUT2D eigenvalue weighted by Crippen LogP contribution is 2.66. The fourth-order valence-corrected chi connectivity index (χ4v) is 8.92. The topological polar surface area (TPSA) is 95.7 Å². The number of hydrogen-bond donors (Lipinski definition) is 3. The van der Waals surface area contributed by atoms with E-state index in [1.807, 2.05) is 34.0 Å². The summed E-state index contributed by atoms with van der Waals surface area (Å²) in [5.41, 5.74) is 13.9. The molecule has 6 rings (SSSR count). The molecule has 0 saturated heterocycles. The molecule has 4 aliphatic carbocycles. The Morgan fingerprint density at radius 1 is 1.09 bits per heavy atom. The van der Waals surface area contributed by atoms with Crippen molar-refractivity contribution in [2.75, 3.05) is 19.4 Å². The van der Waals surface area contributed by atoms with Crippen LogP contribution in [0, 0.1) is 22.7 Å². The maximum atomic E-state index is 14.5. The van der Waals surface area contributed by atoms with Crippen LogP contribution in [0.25, 0.3) is 11.1 Å². The summed E-state index contributed by atoms with van der Waals surface area (Å²) in [7, 11) is 4.08. The second-order valence-corrected chi connectivity index (χ2v) is 13.8. The summed E-state index contributed by atoms with van der Waals surface area (Å²) in [6.07, 6.45) is 3.75. The zero-order valence-corrected chi connectivity index (χ0v) is 26.2. The van der Waals surface area contributed by atoms with Gasteiger partial charge in [-0.2, -0.15) is 0 Å².